The van der Waals surface area contributed by atoms with E-state index in [0.29, 0.717) is 11.8 Å². The summed E-state index contributed by atoms with van der Waals surface area (Å²) < 4.78 is 0. The molecule has 24 heavy (non-hydrogen) atoms. The van der Waals surface area contributed by atoms with E-state index in [0.717, 1.165) is 6.42 Å². The summed E-state index contributed by atoms with van der Waals surface area (Å²) in [5.74, 6) is 1.10. The van der Waals surface area contributed by atoms with Crippen molar-refractivity contribution in [1.29, 1.82) is 0 Å². The first-order valence-electron chi connectivity index (χ1n) is 8.47. The zero-order chi connectivity index (χ0) is 18.3. The topological polar surface area (TPSA) is 0 Å². The normalized spacial score (nSPS) is 20.8. The van der Waals surface area contributed by atoms with E-state index < -0.39 is 28.9 Å². The molecule has 2 aliphatic rings. The molecule has 0 N–H and O–H groups in total. The number of unbranched alkanes of at least 4 members (excludes halogenated alkanes) is 1. The van der Waals surface area contributed by atoms with Crippen LogP contribution in [-0.2, 0) is 20.8 Å². The van der Waals surface area contributed by atoms with E-state index in [4.69, 9.17) is 17.0 Å². The van der Waals surface area contributed by atoms with Crippen molar-refractivity contribution in [2.45, 2.75) is 38.9 Å². The van der Waals surface area contributed by atoms with Crippen LogP contribution in [0.15, 0.2) is 48.6 Å². The van der Waals surface area contributed by atoms with Gasteiger partial charge in [-0.1, -0.05) is 46.0 Å². The van der Waals surface area contributed by atoms with E-state index in [1.165, 1.54) is 12.5 Å². The van der Waals surface area contributed by atoms with Gasteiger partial charge in [-0.2, -0.15) is 0 Å². The fourth-order valence-electron chi connectivity index (χ4n) is 2.18. The predicted octanol–water partition coefficient (Wildman–Crippen LogP) is 7.33. The maximum absolute atomic E-state index is 4.93. The van der Waals surface area contributed by atoms with Gasteiger partial charge in [-0.05, 0) is 0 Å². The molecular weight excluding hydrogens is 430 g/mol. The molecule has 0 heterocycles. The van der Waals surface area contributed by atoms with Crippen molar-refractivity contribution in [2.75, 3.05) is 0 Å². The van der Waals surface area contributed by atoms with Crippen LogP contribution in [0.3, 0.4) is 0 Å². The summed E-state index contributed by atoms with van der Waals surface area (Å²) in [5, 5.41) is 0. The first-order chi connectivity index (χ1) is 11.5. The van der Waals surface area contributed by atoms with Crippen LogP contribution in [0.4, 0.5) is 0 Å². The third kappa shape index (κ3) is 12.7. The van der Waals surface area contributed by atoms with E-state index in [9.17, 15) is 0 Å². The zero-order valence-corrected chi connectivity index (χ0v) is 20.1. The average Bonchev–Trinajstić information content (AvgIpc) is 2.63. The van der Waals surface area contributed by atoms with Gasteiger partial charge in [0, 0.05) is 0 Å². The van der Waals surface area contributed by atoms with Crippen molar-refractivity contribution >= 4 is 25.1 Å². The molecule has 0 saturated heterocycles. The van der Waals surface area contributed by atoms with E-state index in [1.54, 1.807) is 0 Å². The number of halogens is 2. The molecule has 0 aromatic heterocycles. The molecule has 2 rings (SSSR count). The summed E-state index contributed by atoms with van der Waals surface area (Å²) in [6.45, 7) is 10.9. The summed E-state index contributed by atoms with van der Waals surface area (Å²) >= 11 is -0.826. The fourth-order valence-corrected chi connectivity index (χ4v) is 3.45. The fraction of sp³-hybridized carbons (Fsp3) is 0.400. The van der Waals surface area contributed by atoms with Crippen molar-refractivity contribution in [2.24, 2.45) is 11.8 Å². The maximum atomic E-state index is 4.93. The van der Waals surface area contributed by atoms with Gasteiger partial charge in [0.25, 0.3) is 0 Å². The Morgan fingerprint density at radius 2 is 1.50 bits per heavy atom. The Labute approximate surface area is 170 Å². The van der Waals surface area contributed by atoms with Crippen LogP contribution >= 0.6 is 17.0 Å². The third-order valence-electron chi connectivity index (χ3n) is 4.03. The van der Waals surface area contributed by atoms with Crippen molar-refractivity contribution in [1.82, 2.24) is 0 Å². The molecular formula is C20H30Cl2SiZr-4. The van der Waals surface area contributed by atoms with E-state index >= 15 is 0 Å². The third-order valence-corrected chi connectivity index (χ3v) is 7.25. The summed E-state index contributed by atoms with van der Waals surface area (Å²) in [5.41, 5.74) is 0. The Kier molecular flexibility index (Phi) is 15.9. The van der Waals surface area contributed by atoms with Gasteiger partial charge in [-0.15, -0.1) is 24.3 Å². The van der Waals surface area contributed by atoms with Crippen LogP contribution in [0.2, 0.25) is 19.1 Å². The molecule has 0 aromatic carbocycles. The molecule has 2 atom stereocenters. The number of hydrogen-bond donors (Lipinski definition) is 0. The molecule has 0 aromatic rings. The predicted molar refractivity (Wildman–Crippen MR) is 111 cm³/mol. The summed E-state index contributed by atoms with van der Waals surface area (Å²) in [7, 11) is 9.00. The molecule has 0 saturated carbocycles. The van der Waals surface area contributed by atoms with Crippen LogP contribution in [0.1, 0.15) is 19.8 Å². The minimum atomic E-state index is -0.863. The van der Waals surface area contributed by atoms with E-state index in [2.05, 4.69) is 94.4 Å². The van der Waals surface area contributed by atoms with Gasteiger partial charge >= 0.3 is 37.9 Å². The number of rotatable bonds is 5. The second kappa shape index (κ2) is 15.6. The van der Waals surface area contributed by atoms with Gasteiger partial charge in [0.2, 0.25) is 0 Å². The molecule has 0 spiro atoms. The van der Waals surface area contributed by atoms with Gasteiger partial charge < -0.3 is 13.0 Å². The molecule has 0 bridgehead atoms. The second-order valence-electron chi connectivity index (χ2n) is 6.34. The van der Waals surface area contributed by atoms with Crippen molar-refractivity contribution < 1.29 is 20.8 Å². The van der Waals surface area contributed by atoms with Gasteiger partial charge in [0.05, 0.1) is 0 Å². The SMILES string of the molecule is C1=C[CH-]C(C2C=CC=C[CH-]2)C=C1.[CH2-]CC[CH-][Si](C)(C)CC.[Cl][Zr][Cl]. The zero-order valence-electron chi connectivity index (χ0n) is 15.1. The number of hydrogen-bond acceptors (Lipinski definition) is 0. The van der Waals surface area contributed by atoms with Gasteiger partial charge in [0.1, 0.15) is 0 Å². The van der Waals surface area contributed by atoms with Crippen LogP contribution in [0.5, 0.6) is 0 Å². The van der Waals surface area contributed by atoms with E-state index in [1.807, 2.05) is 0 Å². The standard InChI is InChI=1S/C12H12.C8H18Si.2ClH.Zr/c1-3-7-11(8-4-1)12-9-5-2-6-10-12;1-5-7-8-9(3,4)6-2;;;/h1-12H;8H,1,5-7H2,2-4H3;2*1H;/q2*-2;;;+2/p-2. The van der Waals surface area contributed by atoms with Crippen LogP contribution in [0, 0.1) is 37.6 Å². The van der Waals surface area contributed by atoms with Crippen LogP contribution in [0.25, 0.3) is 0 Å². The Morgan fingerprint density at radius 1 is 1.04 bits per heavy atom. The molecule has 0 fully saturated rings. The van der Waals surface area contributed by atoms with Crippen LogP contribution in [-0.4, -0.2) is 8.07 Å². The molecule has 0 aliphatic heterocycles. The minimum absolute atomic E-state index is 0.552. The van der Waals surface area contributed by atoms with Crippen molar-refractivity contribution in [3.05, 3.63) is 74.4 Å². The molecule has 4 heteroatoms. The Morgan fingerprint density at radius 3 is 1.79 bits per heavy atom. The summed E-state index contributed by atoms with van der Waals surface area (Å²) in [4.78, 5) is 0. The van der Waals surface area contributed by atoms with Gasteiger partial charge in [-0.3, -0.25) is 0 Å². The van der Waals surface area contributed by atoms with Crippen molar-refractivity contribution in [3.63, 3.8) is 0 Å². The first kappa shape index (κ1) is 24.4. The second-order valence-corrected chi connectivity index (χ2v) is 15.2. The molecule has 0 nitrogen and oxygen atoms in total. The van der Waals surface area contributed by atoms with Crippen molar-refractivity contribution in [3.8, 4) is 0 Å². The Hall–Kier alpha value is 0.380. The average molecular weight is 461 g/mol. The van der Waals surface area contributed by atoms with Gasteiger partial charge in [0.15, 0.2) is 0 Å². The summed E-state index contributed by atoms with van der Waals surface area (Å²) in [6, 6.07) is 3.87. The Balaban J connectivity index is 0.000000394. The first-order valence-corrected chi connectivity index (χ1v) is 18.1. The monoisotopic (exact) mass is 458 g/mol. The molecule has 2 unspecified atom stereocenters. The molecule has 0 radical (unpaired) electrons. The number of allylic oxidation sites excluding steroid dienone is 8. The molecule has 2 aliphatic carbocycles. The Bertz CT molecular complexity index is 386. The quantitative estimate of drug-likeness (QED) is 0.298. The van der Waals surface area contributed by atoms with E-state index in [-0.39, 0.29) is 0 Å². The summed E-state index contributed by atoms with van der Waals surface area (Å²) in [6.07, 6.45) is 23.8. The molecule has 0 amide bonds. The molecule has 136 valence electrons. The van der Waals surface area contributed by atoms with Crippen LogP contribution < -0.4 is 0 Å². The van der Waals surface area contributed by atoms with Gasteiger partial charge in [-0.25, -0.2) is 50.0 Å².